The number of amides is 2. The number of ether oxygens (including phenoxy) is 1. The third-order valence-corrected chi connectivity index (χ3v) is 4.63. The molecule has 0 saturated carbocycles. The Morgan fingerprint density at radius 2 is 1.77 bits per heavy atom. The molecule has 2 atom stereocenters. The average molecular weight is 326 g/mol. The molecule has 0 aliphatic carbocycles. The van der Waals surface area contributed by atoms with Crippen molar-refractivity contribution in [3.05, 3.63) is 29.8 Å². The summed E-state index contributed by atoms with van der Waals surface area (Å²) in [6.45, 7) is 5.40. The van der Waals surface area contributed by atoms with Crippen LogP contribution < -0.4 is 5.32 Å². The Kier molecular flexibility index (Phi) is 5.08. The highest BCUT2D eigenvalue weighted by Gasteiger charge is 2.25. The minimum atomic E-state index is -3.19. The zero-order chi connectivity index (χ0) is 16.3. The molecule has 1 fully saturated rings. The highest BCUT2D eigenvalue weighted by Crippen LogP contribution is 2.12. The van der Waals surface area contributed by atoms with E-state index in [1.165, 1.54) is 6.26 Å². The third-order valence-electron chi connectivity index (χ3n) is 3.50. The molecule has 1 saturated heterocycles. The first kappa shape index (κ1) is 16.8. The molecule has 7 heteroatoms. The third kappa shape index (κ3) is 4.45. The molecular formula is C15H22N2O4S. The van der Waals surface area contributed by atoms with E-state index in [1.54, 1.807) is 29.2 Å². The fourth-order valence-electron chi connectivity index (χ4n) is 2.49. The van der Waals surface area contributed by atoms with E-state index in [1.807, 2.05) is 13.8 Å². The van der Waals surface area contributed by atoms with Gasteiger partial charge in [0.05, 0.1) is 17.1 Å². The average Bonchev–Trinajstić information content (AvgIpc) is 2.43. The van der Waals surface area contributed by atoms with Gasteiger partial charge in [0.2, 0.25) is 0 Å². The Morgan fingerprint density at radius 1 is 1.23 bits per heavy atom. The lowest BCUT2D eigenvalue weighted by atomic mass is 10.2. The number of hydrogen-bond donors (Lipinski definition) is 1. The predicted octanol–water partition coefficient (Wildman–Crippen LogP) is 1.41. The summed E-state index contributed by atoms with van der Waals surface area (Å²) >= 11 is 0. The number of carbonyl (C=O) groups is 1. The maximum Gasteiger partial charge on any atom is 0.317 e. The van der Waals surface area contributed by atoms with Crippen molar-refractivity contribution in [3.63, 3.8) is 0 Å². The first-order chi connectivity index (χ1) is 10.3. The largest absolute Gasteiger partial charge is 0.372 e. The Labute approximate surface area is 131 Å². The van der Waals surface area contributed by atoms with Gasteiger partial charge in [0.15, 0.2) is 9.84 Å². The van der Waals surface area contributed by atoms with Crippen LogP contribution in [0.5, 0.6) is 0 Å². The van der Waals surface area contributed by atoms with Gasteiger partial charge in [-0.1, -0.05) is 12.1 Å². The molecule has 2 rings (SSSR count). The number of carbonyl (C=O) groups excluding carboxylic acids is 1. The summed E-state index contributed by atoms with van der Waals surface area (Å²) in [6.07, 6.45) is 1.23. The first-order valence-electron chi connectivity index (χ1n) is 7.23. The summed E-state index contributed by atoms with van der Waals surface area (Å²) in [7, 11) is -3.19. The molecule has 1 heterocycles. The number of morpholine rings is 1. The minimum absolute atomic E-state index is 0.0311. The smallest absolute Gasteiger partial charge is 0.317 e. The quantitative estimate of drug-likeness (QED) is 0.911. The highest BCUT2D eigenvalue weighted by molar-refractivity contribution is 7.90. The van der Waals surface area contributed by atoms with Gasteiger partial charge < -0.3 is 15.0 Å². The molecule has 1 aromatic rings. The van der Waals surface area contributed by atoms with Crippen molar-refractivity contribution >= 4 is 15.9 Å². The van der Waals surface area contributed by atoms with E-state index in [0.29, 0.717) is 19.6 Å². The number of nitrogens with zero attached hydrogens (tertiary/aromatic N) is 1. The second kappa shape index (κ2) is 6.66. The van der Waals surface area contributed by atoms with Crippen molar-refractivity contribution in [2.75, 3.05) is 19.3 Å². The molecular weight excluding hydrogens is 304 g/mol. The van der Waals surface area contributed by atoms with Crippen LogP contribution in [-0.4, -0.2) is 50.9 Å². The van der Waals surface area contributed by atoms with Crippen molar-refractivity contribution in [2.45, 2.75) is 37.5 Å². The van der Waals surface area contributed by atoms with E-state index < -0.39 is 9.84 Å². The van der Waals surface area contributed by atoms with Crippen molar-refractivity contribution in [1.82, 2.24) is 10.2 Å². The van der Waals surface area contributed by atoms with Crippen LogP contribution in [0, 0.1) is 0 Å². The Hall–Kier alpha value is -1.60. The van der Waals surface area contributed by atoms with Gasteiger partial charge in [0.25, 0.3) is 0 Å². The summed E-state index contributed by atoms with van der Waals surface area (Å²) in [6, 6.07) is 6.39. The lowest BCUT2D eigenvalue weighted by molar-refractivity contribution is -0.0545. The van der Waals surface area contributed by atoms with Gasteiger partial charge in [0.1, 0.15) is 0 Å². The molecule has 1 aliphatic heterocycles. The number of nitrogens with one attached hydrogen (secondary N) is 1. The highest BCUT2D eigenvalue weighted by atomic mass is 32.2. The number of urea groups is 1. The van der Waals surface area contributed by atoms with E-state index in [4.69, 9.17) is 4.74 Å². The Bertz CT molecular complexity index is 617. The van der Waals surface area contributed by atoms with Gasteiger partial charge >= 0.3 is 6.03 Å². The fourth-order valence-corrected chi connectivity index (χ4v) is 3.12. The van der Waals surface area contributed by atoms with Gasteiger partial charge in [-0.3, -0.25) is 0 Å². The monoisotopic (exact) mass is 326 g/mol. The topological polar surface area (TPSA) is 75.7 Å². The number of hydrogen-bond acceptors (Lipinski definition) is 4. The standard InChI is InChI=1S/C15H22N2O4S/c1-11-9-17(10-12(2)21-11)15(18)16-8-13-4-6-14(7-5-13)22(3,19)20/h4-7,11-12H,8-10H2,1-3H3,(H,16,18)/t11-,12-/m1/s1. The Morgan fingerprint density at radius 3 is 2.27 bits per heavy atom. The van der Waals surface area contributed by atoms with Crippen LogP contribution in [0.15, 0.2) is 29.2 Å². The van der Waals surface area contributed by atoms with Crippen molar-refractivity contribution < 1.29 is 17.9 Å². The zero-order valence-corrected chi connectivity index (χ0v) is 13.9. The number of rotatable bonds is 3. The lowest BCUT2D eigenvalue weighted by Crippen LogP contribution is -2.51. The molecule has 1 N–H and O–H groups in total. The maximum absolute atomic E-state index is 12.2. The van der Waals surface area contributed by atoms with Crippen LogP contribution in [-0.2, 0) is 21.1 Å². The van der Waals surface area contributed by atoms with Gasteiger partial charge in [-0.05, 0) is 31.5 Å². The van der Waals surface area contributed by atoms with E-state index in [2.05, 4.69) is 5.32 Å². The maximum atomic E-state index is 12.2. The second-order valence-electron chi connectivity index (χ2n) is 5.74. The van der Waals surface area contributed by atoms with E-state index in [0.717, 1.165) is 5.56 Å². The van der Waals surface area contributed by atoms with E-state index >= 15 is 0 Å². The summed E-state index contributed by atoms with van der Waals surface area (Å²) < 4.78 is 28.4. The van der Waals surface area contributed by atoms with Crippen molar-refractivity contribution in [1.29, 1.82) is 0 Å². The molecule has 122 valence electrons. The van der Waals surface area contributed by atoms with Gasteiger partial charge in [-0.15, -0.1) is 0 Å². The van der Waals surface area contributed by atoms with Crippen LogP contribution in [0.25, 0.3) is 0 Å². The normalized spacial score (nSPS) is 22.4. The van der Waals surface area contributed by atoms with Crippen LogP contribution in [0.3, 0.4) is 0 Å². The molecule has 22 heavy (non-hydrogen) atoms. The van der Waals surface area contributed by atoms with Crippen LogP contribution in [0.4, 0.5) is 4.79 Å². The summed E-state index contributed by atoms with van der Waals surface area (Å²) in [4.78, 5) is 14.2. The molecule has 1 aliphatic rings. The summed E-state index contributed by atoms with van der Waals surface area (Å²) in [5, 5.41) is 2.85. The summed E-state index contributed by atoms with van der Waals surface area (Å²) in [5.74, 6) is 0. The fraction of sp³-hybridized carbons (Fsp3) is 0.533. The van der Waals surface area contributed by atoms with Crippen LogP contribution in [0.2, 0.25) is 0 Å². The number of sulfone groups is 1. The molecule has 0 unspecified atom stereocenters. The van der Waals surface area contributed by atoms with Crippen LogP contribution >= 0.6 is 0 Å². The Balaban J connectivity index is 1.91. The molecule has 6 nitrogen and oxygen atoms in total. The second-order valence-corrected chi connectivity index (χ2v) is 7.75. The molecule has 1 aromatic carbocycles. The predicted molar refractivity (Wildman–Crippen MR) is 83.4 cm³/mol. The van der Waals surface area contributed by atoms with Crippen molar-refractivity contribution in [3.8, 4) is 0 Å². The van der Waals surface area contributed by atoms with E-state index in [-0.39, 0.29) is 23.1 Å². The van der Waals surface area contributed by atoms with Crippen LogP contribution in [0.1, 0.15) is 19.4 Å². The summed E-state index contributed by atoms with van der Waals surface area (Å²) in [5.41, 5.74) is 0.857. The van der Waals surface area contributed by atoms with Gasteiger partial charge in [0, 0.05) is 25.9 Å². The zero-order valence-electron chi connectivity index (χ0n) is 13.1. The van der Waals surface area contributed by atoms with Crippen molar-refractivity contribution in [2.24, 2.45) is 0 Å². The SMILES string of the molecule is C[C@@H]1CN(C(=O)NCc2ccc(S(C)(=O)=O)cc2)C[C@@H](C)O1. The molecule has 0 radical (unpaired) electrons. The molecule has 0 bridgehead atoms. The molecule has 0 spiro atoms. The van der Waals surface area contributed by atoms with Gasteiger partial charge in [-0.2, -0.15) is 0 Å². The lowest BCUT2D eigenvalue weighted by Gasteiger charge is -2.35. The van der Waals surface area contributed by atoms with Gasteiger partial charge in [-0.25, -0.2) is 13.2 Å². The minimum Gasteiger partial charge on any atom is -0.372 e. The number of benzene rings is 1. The first-order valence-corrected chi connectivity index (χ1v) is 9.12. The molecule has 0 aromatic heterocycles. The molecule has 2 amide bonds. The van der Waals surface area contributed by atoms with E-state index in [9.17, 15) is 13.2 Å².